The summed E-state index contributed by atoms with van der Waals surface area (Å²) in [4.78, 5) is 38.2. The fourth-order valence-electron chi connectivity index (χ4n) is 9.46. The lowest BCUT2D eigenvalue weighted by Crippen LogP contribution is -2.30. The first kappa shape index (κ1) is 68.6. The molecule has 0 radical (unpaired) electrons. The van der Waals surface area contributed by atoms with Crippen molar-refractivity contribution in [3.8, 4) is 0 Å². The van der Waals surface area contributed by atoms with Gasteiger partial charge in [-0.3, -0.25) is 14.4 Å². The zero-order chi connectivity index (χ0) is 51.4. The van der Waals surface area contributed by atoms with E-state index < -0.39 is 6.10 Å². The fraction of sp³-hybridized carbons (Fsp3) is 0.862. The SMILES string of the molecule is CC/C=C\C/C=C\C/C=C\CCCCCCCC(=O)OC(COC(=O)CCCCCCCCCCCCCCCC)COC(=O)CCCCCCCCCCCCCCCCCCCCCCCCCC. The molecule has 0 aliphatic carbocycles. The summed E-state index contributed by atoms with van der Waals surface area (Å²) < 4.78 is 16.9. The largest absolute Gasteiger partial charge is 0.462 e. The molecule has 0 aliphatic rings. The van der Waals surface area contributed by atoms with Crippen molar-refractivity contribution in [2.24, 2.45) is 0 Å². The molecule has 0 aromatic rings. The van der Waals surface area contributed by atoms with Crippen LogP contribution in [0, 0.1) is 0 Å². The molecular formula is C65H120O6. The predicted molar refractivity (Wildman–Crippen MR) is 307 cm³/mol. The summed E-state index contributed by atoms with van der Waals surface area (Å²) in [5, 5.41) is 0. The topological polar surface area (TPSA) is 78.9 Å². The number of allylic oxidation sites excluding steroid dienone is 6. The van der Waals surface area contributed by atoms with Crippen molar-refractivity contribution < 1.29 is 28.6 Å². The summed E-state index contributed by atoms with van der Waals surface area (Å²) >= 11 is 0. The van der Waals surface area contributed by atoms with Crippen LogP contribution >= 0.6 is 0 Å². The van der Waals surface area contributed by atoms with Gasteiger partial charge in [0.2, 0.25) is 0 Å². The van der Waals surface area contributed by atoms with Crippen molar-refractivity contribution in [1.29, 1.82) is 0 Å². The molecule has 0 N–H and O–H groups in total. The molecule has 0 saturated heterocycles. The van der Waals surface area contributed by atoms with E-state index in [0.717, 1.165) is 96.3 Å². The molecule has 0 aromatic carbocycles. The highest BCUT2D eigenvalue weighted by Gasteiger charge is 2.19. The van der Waals surface area contributed by atoms with E-state index in [-0.39, 0.29) is 31.1 Å². The number of rotatable bonds is 58. The molecule has 0 spiro atoms. The van der Waals surface area contributed by atoms with Crippen LogP contribution in [0.25, 0.3) is 0 Å². The van der Waals surface area contributed by atoms with Crippen LogP contribution in [0.15, 0.2) is 36.5 Å². The Labute approximate surface area is 442 Å². The molecule has 71 heavy (non-hydrogen) atoms. The lowest BCUT2D eigenvalue weighted by Gasteiger charge is -2.18. The Hall–Kier alpha value is -2.37. The van der Waals surface area contributed by atoms with Crippen molar-refractivity contribution in [3.05, 3.63) is 36.5 Å². The summed E-state index contributed by atoms with van der Waals surface area (Å²) in [5.74, 6) is -0.868. The number of unbranched alkanes of at least 4 members (excludes halogenated alkanes) is 41. The zero-order valence-corrected chi connectivity index (χ0v) is 47.8. The molecule has 0 aliphatic heterocycles. The molecule has 0 bridgehead atoms. The van der Waals surface area contributed by atoms with Crippen LogP contribution in [0.4, 0.5) is 0 Å². The predicted octanol–water partition coefficient (Wildman–Crippen LogP) is 21.2. The van der Waals surface area contributed by atoms with Crippen molar-refractivity contribution in [1.82, 2.24) is 0 Å². The van der Waals surface area contributed by atoms with Gasteiger partial charge in [0.25, 0.3) is 0 Å². The molecule has 0 saturated carbocycles. The normalized spacial score (nSPS) is 12.2. The molecule has 0 aromatic heterocycles. The Bertz CT molecular complexity index is 1190. The van der Waals surface area contributed by atoms with Gasteiger partial charge in [0.05, 0.1) is 0 Å². The monoisotopic (exact) mass is 997 g/mol. The minimum atomic E-state index is -0.777. The second-order valence-electron chi connectivity index (χ2n) is 21.3. The molecule has 6 nitrogen and oxygen atoms in total. The number of carbonyl (C=O) groups excluding carboxylic acids is 3. The molecule has 6 heteroatoms. The van der Waals surface area contributed by atoms with Gasteiger partial charge in [0, 0.05) is 19.3 Å². The molecule has 0 heterocycles. The second-order valence-corrected chi connectivity index (χ2v) is 21.3. The standard InChI is InChI=1S/C65H120O6/c1-4-7-10-13-16-19-22-25-28-29-30-31-32-33-34-35-36-38-40-43-46-49-52-55-58-64(67)70-61-62(60-69-63(66)57-54-51-48-45-42-39-27-24-21-18-15-12-9-6-3)71-65(68)59-56-53-50-47-44-41-37-26-23-20-17-14-11-8-5-2/h8,11,17,20,26,37,62H,4-7,9-10,12-16,18-19,21-25,27-36,38-61H2,1-3H3/b11-8-,20-17-,37-26-. The molecule has 0 rings (SSSR count). The van der Waals surface area contributed by atoms with Crippen molar-refractivity contribution in [3.63, 3.8) is 0 Å². The lowest BCUT2D eigenvalue weighted by molar-refractivity contribution is -0.167. The minimum absolute atomic E-state index is 0.0741. The van der Waals surface area contributed by atoms with Gasteiger partial charge >= 0.3 is 17.9 Å². The van der Waals surface area contributed by atoms with Crippen LogP contribution in [0.3, 0.4) is 0 Å². The smallest absolute Gasteiger partial charge is 0.306 e. The van der Waals surface area contributed by atoms with Gasteiger partial charge in [-0.15, -0.1) is 0 Å². The van der Waals surface area contributed by atoms with Crippen LogP contribution in [-0.2, 0) is 28.6 Å². The highest BCUT2D eigenvalue weighted by atomic mass is 16.6. The first-order valence-electron chi connectivity index (χ1n) is 31.5. The first-order valence-corrected chi connectivity index (χ1v) is 31.5. The number of hydrogen-bond donors (Lipinski definition) is 0. The van der Waals surface area contributed by atoms with E-state index in [1.54, 1.807) is 0 Å². The van der Waals surface area contributed by atoms with Crippen molar-refractivity contribution in [2.75, 3.05) is 13.2 Å². The van der Waals surface area contributed by atoms with E-state index in [0.29, 0.717) is 19.3 Å². The van der Waals surface area contributed by atoms with Crippen LogP contribution in [0.5, 0.6) is 0 Å². The summed E-state index contributed by atoms with van der Waals surface area (Å²) in [6.07, 6.45) is 73.0. The van der Waals surface area contributed by atoms with Crippen LogP contribution in [0.2, 0.25) is 0 Å². The maximum atomic E-state index is 12.9. The zero-order valence-electron chi connectivity index (χ0n) is 47.8. The van der Waals surface area contributed by atoms with Crippen molar-refractivity contribution >= 4 is 17.9 Å². The van der Waals surface area contributed by atoms with E-state index in [1.165, 1.54) is 205 Å². The average Bonchev–Trinajstić information content (AvgIpc) is 3.37. The van der Waals surface area contributed by atoms with Gasteiger partial charge < -0.3 is 14.2 Å². The maximum absolute atomic E-state index is 12.9. The van der Waals surface area contributed by atoms with Crippen LogP contribution in [-0.4, -0.2) is 37.2 Å². The van der Waals surface area contributed by atoms with Crippen LogP contribution < -0.4 is 0 Å². The number of hydrogen-bond acceptors (Lipinski definition) is 6. The highest BCUT2D eigenvalue weighted by molar-refractivity contribution is 5.71. The third-order valence-corrected chi connectivity index (χ3v) is 14.2. The van der Waals surface area contributed by atoms with Crippen molar-refractivity contribution in [2.45, 2.75) is 348 Å². The minimum Gasteiger partial charge on any atom is -0.462 e. The molecule has 416 valence electrons. The summed E-state index contributed by atoms with van der Waals surface area (Å²) in [7, 11) is 0. The Balaban J connectivity index is 4.24. The Morgan fingerprint density at radius 1 is 0.296 bits per heavy atom. The highest BCUT2D eigenvalue weighted by Crippen LogP contribution is 2.18. The van der Waals surface area contributed by atoms with Gasteiger partial charge in [-0.25, -0.2) is 0 Å². The molecule has 1 atom stereocenters. The van der Waals surface area contributed by atoms with E-state index in [1.807, 2.05) is 0 Å². The molecular weight excluding hydrogens is 877 g/mol. The van der Waals surface area contributed by atoms with E-state index >= 15 is 0 Å². The molecule has 0 amide bonds. The van der Waals surface area contributed by atoms with E-state index in [2.05, 4.69) is 57.2 Å². The third-order valence-electron chi connectivity index (χ3n) is 14.2. The lowest BCUT2D eigenvalue weighted by atomic mass is 10.0. The third kappa shape index (κ3) is 58.4. The summed E-state index contributed by atoms with van der Waals surface area (Å²) in [6.45, 7) is 6.57. The van der Waals surface area contributed by atoms with Gasteiger partial charge in [-0.1, -0.05) is 308 Å². The average molecular weight is 998 g/mol. The number of carbonyl (C=O) groups is 3. The van der Waals surface area contributed by atoms with Gasteiger partial charge in [0.1, 0.15) is 13.2 Å². The summed E-state index contributed by atoms with van der Waals surface area (Å²) in [5.41, 5.74) is 0. The first-order chi connectivity index (χ1) is 35.0. The maximum Gasteiger partial charge on any atom is 0.306 e. The quantitative estimate of drug-likeness (QED) is 0.0261. The Morgan fingerprint density at radius 2 is 0.549 bits per heavy atom. The summed E-state index contributed by atoms with van der Waals surface area (Å²) in [6, 6.07) is 0. The number of ether oxygens (including phenoxy) is 3. The van der Waals surface area contributed by atoms with Gasteiger partial charge in [-0.05, 0) is 51.4 Å². The Morgan fingerprint density at radius 3 is 0.859 bits per heavy atom. The van der Waals surface area contributed by atoms with E-state index in [4.69, 9.17) is 14.2 Å². The fourth-order valence-corrected chi connectivity index (χ4v) is 9.46. The van der Waals surface area contributed by atoms with Gasteiger partial charge in [-0.2, -0.15) is 0 Å². The second kappa shape index (κ2) is 60.2. The Kier molecular flexibility index (Phi) is 58.2. The van der Waals surface area contributed by atoms with Gasteiger partial charge in [0.15, 0.2) is 6.10 Å². The molecule has 1 unspecified atom stereocenters. The van der Waals surface area contributed by atoms with Crippen LogP contribution in [0.1, 0.15) is 342 Å². The molecule has 0 fully saturated rings. The van der Waals surface area contributed by atoms with E-state index in [9.17, 15) is 14.4 Å². The number of esters is 3.